The molecule has 168 valence electrons. The maximum Gasteiger partial charge on any atom is 0.224 e. The van der Waals surface area contributed by atoms with Crippen LogP contribution in [0.25, 0.3) is 0 Å². The number of sulfonamides is 1. The molecule has 0 unspecified atom stereocenters. The molecule has 1 N–H and O–H groups in total. The van der Waals surface area contributed by atoms with Crippen molar-refractivity contribution in [2.24, 2.45) is 5.92 Å². The summed E-state index contributed by atoms with van der Waals surface area (Å²) < 4.78 is 27.4. The van der Waals surface area contributed by atoms with Crippen LogP contribution in [0.1, 0.15) is 48.1 Å². The van der Waals surface area contributed by atoms with E-state index in [-0.39, 0.29) is 24.2 Å². The Balaban J connectivity index is 1.68. The van der Waals surface area contributed by atoms with Crippen LogP contribution in [0.2, 0.25) is 10.0 Å². The molecule has 31 heavy (non-hydrogen) atoms. The van der Waals surface area contributed by atoms with Crippen LogP contribution in [-0.2, 0) is 20.6 Å². The van der Waals surface area contributed by atoms with E-state index in [4.69, 9.17) is 23.2 Å². The monoisotopic (exact) mass is 482 g/mol. The van der Waals surface area contributed by atoms with Crippen molar-refractivity contribution in [3.8, 4) is 0 Å². The van der Waals surface area contributed by atoms with E-state index < -0.39 is 15.9 Å². The summed E-state index contributed by atoms with van der Waals surface area (Å²) in [5.41, 5.74) is 3.75. The van der Waals surface area contributed by atoms with Crippen molar-refractivity contribution in [2.75, 3.05) is 13.1 Å². The number of hydrogen-bond donors (Lipinski definition) is 1. The molecule has 1 fully saturated rings. The molecule has 0 saturated carbocycles. The van der Waals surface area contributed by atoms with Gasteiger partial charge in [0, 0.05) is 28.7 Å². The Morgan fingerprint density at radius 2 is 1.87 bits per heavy atom. The van der Waals surface area contributed by atoms with Crippen molar-refractivity contribution in [3.05, 3.63) is 68.7 Å². The highest BCUT2D eigenvalue weighted by atomic mass is 35.5. The lowest BCUT2D eigenvalue weighted by Crippen LogP contribution is -2.46. The van der Waals surface area contributed by atoms with Crippen LogP contribution < -0.4 is 5.32 Å². The zero-order valence-corrected chi connectivity index (χ0v) is 20.3. The molecule has 2 atom stereocenters. The number of aryl methyl sites for hydroxylation is 2. The average Bonchev–Trinajstić information content (AvgIpc) is 2.71. The lowest BCUT2D eigenvalue weighted by molar-refractivity contribution is -0.126. The van der Waals surface area contributed by atoms with Crippen molar-refractivity contribution in [1.82, 2.24) is 9.62 Å². The van der Waals surface area contributed by atoms with Gasteiger partial charge in [0.15, 0.2) is 0 Å². The van der Waals surface area contributed by atoms with E-state index in [0.717, 1.165) is 11.1 Å². The number of benzene rings is 2. The number of nitrogens with zero attached hydrogens (tertiary/aromatic N) is 1. The van der Waals surface area contributed by atoms with E-state index in [0.29, 0.717) is 35.0 Å². The lowest BCUT2D eigenvalue weighted by atomic mass is 9.96. The van der Waals surface area contributed by atoms with Gasteiger partial charge in [0.1, 0.15) is 0 Å². The second-order valence-electron chi connectivity index (χ2n) is 8.24. The molecule has 0 aliphatic carbocycles. The molecule has 1 saturated heterocycles. The van der Waals surface area contributed by atoms with E-state index in [2.05, 4.69) is 11.4 Å². The topological polar surface area (TPSA) is 66.5 Å². The minimum absolute atomic E-state index is 0.122. The molecule has 0 bridgehead atoms. The molecule has 0 aromatic heterocycles. The summed E-state index contributed by atoms with van der Waals surface area (Å²) in [5.74, 6) is -0.791. The number of amides is 1. The van der Waals surface area contributed by atoms with Gasteiger partial charge in [-0.2, -0.15) is 0 Å². The van der Waals surface area contributed by atoms with Crippen molar-refractivity contribution >= 4 is 39.1 Å². The third-order valence-electron chi connectivity index (χ3n) is 5.79. The van der Waals surface area contributed by atoms with Crippen molar-refractivity contribution in [3.63, 3.8) is 0 Å². The van der Waals surface area contributed by atoms with Gasteiger partial charge in [-0.15, -0.1) is 0 Å². The number of hydrogen-bond acceptors (Lipinski definition) is 3. The third-order valence-corrected chi connectivity index (χ3v) is 8.27. The minimum Gasteiger partial charge on any atom is -0.349 e. The van der Waals surface area contributed by atoms with Crippen LogP contribution in [0.15, 0.2) is 36.4 Å². The maximum absolute atomic E-state index is 13.0. The van der Waals surface area contributed by atoms with Gasteiger partial charge in [0.05, 0.1) is 17.7 Å². The van der Waals surface area contributed by atoms with Gasteiger partial charge in [-0.3, -0.25) is 4.79 Å². The molecule has 2 aromatic carbocycles. The Bertz CT molecular complexity index is 1050. The fourth-order valence-corrected chi connectivity index (χ4v) is 6.44. The zero-order chi connectivity index (χ0) is 22.8. The Kier molecular flexibility index (Phi) is 7.68. The second-order valence-corrected chi connectivity index (χ2v) is 11.0. The van der Waals surface area contributed by atoms with Gasteiger partial charge in [0.2, 0.25) is 15.9 Å². The second kappa shape index (κ2) is 9.90. The minimum atomic E-state index is -3.66. The van der Waals surface area contributed by atoms with Gasteiger partial charge in [0.25, 0.3) is 0 Å². The number of carbonyl (C=O) groups is 1. The van der Waals surface area contributed by atoms with E-state index in [1.165, 1.54) is 9.87 Å². The molecule has 1 aliphatic heterocycles. The van der Waals surface area contributed by atoms with E-state index in [1.807, 2.05) is 32.9 Å². The number of carbonyl (C=O) groups excluding carboxylic acids is 1. The van der Waals surface area contributed by atoms with Crippen molar-refractivity contribution in [2.45, 2.75) is 45.4 Å². The van der Waals surface area contributed by atoms with Crippen LogP contribution in [0.5, 0.6) is 0 Å². The van der Waals surface area contributed by atoms with Crippen LogP contribution >= 0.6 is 23.2 Å². The fraction of sp³-hybridized carbons (Fsp3) is 0.435. The molecule has 1 aliphatic rings. The summed E-state index contributed by atoms with van der Waals surface area (Å²) in [6, 6.07) is 10.9. The molecule has 0 radical (unpaired) electrons. The number of nitrogens with one attached hydrogen (secondary N) is 1. The highest BCUT2D eigenvalue weighted by molar-refractivity contribution is 7.88. The Morgan fingerprint density at radius 1 is 1.19 bits per heavy atom. The highest BCUT2D eigenvalue weighted by Gasteiger charge is 2.33. The first-order chi connectivity index (χ1) is 14.6. The van der Waals surface area contributed by atoms with E-state index in [9.17, 15) is 13.2 Å². The van der Waals surface area contributed by atoms with Crippen molar-refractivity contribution in [1.29, 1.82) is 0 Å². The summed E-state index contributed by atoms with van der Waals surface area (Å²) in [7, 11) is -3.66. The summed E-state index contributed by atoms with van der Waals surface area (Å²) >= 11 is 12.3. The maximum atomic E-state index is 13.0. The molecule has 8 heteroatoms. The smallest absolute Gasteiger partial charge is 0.224 e. The van der Waals surface area contributed by atoms with Crippen LogP contribution in [0, 0.1) is 19.8 Å². The van der Waals surface area contributed by atoms with Crippen LogP contribution in [0.3, 0.4) is 0 Å². The number of rotatable bonds is 6. The first-order valence-electron chi connectivity index (χ1n) is 10.4. The summed E-state index contributed by atoms with van der Waals surface area (Å²) in [5, 5.41) is 3.71. The predicted octanol–water partition coefficient (Wildman–Crippen LogP) is 5.03. The number of piperidine rings is 1. The van der Waals surface area contributed by atoms with Crippen LogP contribution in [-0.4, -0.2) is 31.7 Å². The number of halogens is 2. The lowest BCUT2D eigenvalue weighted by Gasteiger charge is -2.32. The zero-order valence-electron chi connectivity index (χ0n) is 18.0. The Labute approximate surface area is 194 Å². The molecule has 0 spiro atoms. The summed E-state index contributed by atoms with van der Waals surface area (Å²) in [6.07, 6.45) is 1.29. The van der Waals surface area contributed by atoms with Crippen molar-refractivity contribution < 1.29 is 13.2 Å². The Hall–Kier alpha value is -1.60. The normalized spacial score (nSPS) is 18.5. The third kappa shape index (κ3) is 5.80. The van der Waals surface area contributed by atoms with Gasteiger partial charge in [-0.25, -0.2) is 12.7 Å². The average molecular weight is 483 g/mol. The quantitative estimate of drug-likeness (QED) is 0.627. The van der Waals surface area contributed by atoms with Gasteiger partial charge in [-0.1, -0.05) is 53.0 Å². The standard InChI is InChI=1S/C23H28Cl2N2O3S/c1-15-9-10-19(16(2)12-15)17(3)26-23(28)18-6-5-11-27(13-18)31(29,30)14-20-21(24)7-4-8-22(20)25/h4,7-10,12,17-18H,5-6,11,13-14H2,1-3H3,(H,26,28)/t17-,18+/m1/s1. The summed E-state index contributed by atoms with van der Waals surface area (Å²) in [4.78, 5) is 12.9. The predicted molar refractivity (Wildman–Crippen MR) is 126 cm³/mol. The first-order valence-corrected chi connectivity index (χ1v) is 12.7. The molecule has 3 rings (SSSR count). The fourth-order valence-electron chi connectivity index (χ4n) is 4.07. The van der Waals surface area contributed by atoms with Crippen LogP contribution in [0.4, 0.5) is 0 Å². The molecular formula is C23H28Cl2N2O3S. The van der Waals surface area contributed by atoms with E-state index in [1.54, 1.807) is 18.2 Å². The molecule has 1 heterocycles. The Morgan fingerprint density at radius 3 is 2.52 bits per heavy atom. The summed E-state index contributed by atoms with van der Waals surface area (Å²) in [6.45, 7) is 6.57. The largest absolute Gasteiger partial charge is 0.349 e. The molecule has 2 aromatic rings. The molecule has 5 nitrogen and oxygen atoms in total. The van der Waals surface area contributed by atoms with Gasteiger partial charge < -0.3 is 5.32 Å². The SMILES string of the molecule is Cc1ccc([C@@H](C)NC(=O)[C@H]2CCCN(S(=O)(=O)Cc3c(Cl)cccc3Cl)C2)c(C)c1. The highest BCUT2D eigenvalue weighted by Crippen LogP contribution is 2.29. The van der Waals surface area contributed by atoms with Gasteiger partial charge in [-0.05, 0) is 56.9 Å². The van der Waals surface area contributed by atoms with Gasteiger partial charge >= 0.3 is 0 Å². The molecular weight excluding hydrogens is 455 g/mol. The molecule has 1 amide bonds. The first kappa shape index (κ1) is 24.1. The van der Waals surface area contributed by atoms with E-state index >= 15 is 0 Å².